The Morgan fingerprint density at radius 3 is 2.63 bits per heavy atom. The van der Waals surface area contributed by atoms with Crippen molar-refractivity contribution in [3.63, 3.8) is 0 Å². The molecule has 0 aliphatic carbocycles. The normalized spacial score (nSPS) is 12.0. The molecule has 0 bridgehead atoms. The number of pyridine rings is 1. The Labute approximate surface area is 161 Å². The second kappa shape index (κ2) is 8.84. The molecule has 0 amide bonds. The number of benzene rings is 1. The van der Waals surface area contributed by atoms with Gasteiger partial charge in [-0.3, -0.25) is 9.98 Å². The van der Waals surface area contributed by atoms with Crippen molar-refractivity contribution in [2.75, 3.05) is 20.7 Å². The van der Waals surface area contributed by atoms with Crippen molar-refractivity contribution < 1.29 is 9.13 Å². The van der Waals surface area contributed by atoms with Gasteiger partial charge in [-0.05, 0) is 31.5 Å². The summed E-state index contributed by atoms with van der Waals surface area (Å²) < 4.78 is 19.0. The maximum Gasteiger partial charge on any atom is 0.191 e. The molecule has 0 saturated heterocycles. The number of halogens is 1. The molecule has 1 aromatic heterocycles. The maximum absolute atomic E-state index is 13.5. The van der Waals surface area contributed by atoms with Crippen LogP contribution in [0.2, 0.25) is 0 Å². The summed E-state index contributed by atoms with van der Waals surface area (Å²) >= 11 is 0. The van der Waals surface area contributed by atoms with Crippen molar-refractivity contribution in [1.82, 2.24) is 15.6 Å². The van der Waals surface area contributed by atoms with Gasteiger partial charge in [-0.2, -0.15) is 0 Å². The van der Waals surface area contributed by atoms with Crippen LogP contribution in [0, 0.1) is 19.7 Å². The van der Waals surface area contributed by atoms with Crippen molar-refractivity contribution in [2.24, 2.45) is 4.99 Å². The molecule has 2 aromatic rings. The van der Waals surface area contributed by atoms with E-state index in [1.54, 1.807) is 26.3 Å². The topological polar surface area (TPSA) is 58.5 Å². The van der Waals surface area contributed by atoms with Crippen LogP contribution in [0.3, 0.4) is 0 Å². The minimum absolute atomic E-state index is 0.224. The highest BCUT2D eigenvalue weighted by molar-refractivity contribution is 5.79. The van der Waals surface area contributed by atoms with Gasteiger partial charge in [-0.1, -0.05) is 26.0 Å². The summed E-state index contributed by atoms with van der Waals surface area (Å²) in [5, 5.41) is 6.59. The van der Waals surface area contributed by atoms with E-state index in [9.17, 15) is 4.39 Å². The van der Waals surface area contributed by atoms with Crippen molar-refractivity contribution in [2.45, 2.75) is 39.7 Å². The molecule has 2 N–H and O–H groups in total. The fourth-order valence-electron chi connectivity index (χ4n) is 2.95. The van der Waals surface area contributed by atoms with Crippen LogP contribution < -0.4 is 15.4 Å². The zero-order valence-corrected chi connectivity index (χ0v) is 17.0. The van der Waals surface area contributed by atoms with Crippen LogP contribution in [0.1, 0.15) is 36.2 Å². The molecular formula is C21H29FN4O. The van der Waals surface area contributed by atoms with Crippen molar-refractivity contribution in [3.05, 3.63) is 58.7 Å². The van der Waals surface area contributed by atoms with Crippen LogP contribution in [0.15, 0.2) is 35.5 Å². The van der Waals surface area contributed by atoms with Gasteiger partial charge < -0.3 is 15.4 Å². The average molecular weight is 372 g/mol. The van der Waals surface area contributed by atoms with Gasteiger partial charge in [0.15, 0.2) is 5.96 Å². The van der Waals surface area contributed by atoms with E-state index in [0.717, 1.165) is 28.1 Å². The quantitative estimate of drug-likeness (QED) is 0.602. The van der Waals surface area contributed by atoms with Gasteiger partial charge in [-0.25, -0.2) is 4.39 Å². The van der Waals surface area contributed by atoms with Gasteiger partial charge in [0, 0.05) is 36.3 Å². The number of aromatic nitrogens is 1. The summed E-state index contributed by atoms with van der Waals surface area (Å²) in [6.07, 6.45) is 1.81. The van der Waals surface area contributed by atoms with Gasteiger partial charge in [0.05, 0.1) is 19.3 Å². The molecule has 0 unspecified atom stereocenters. The summed E-state index contributed by atoms with van der Waals surface area (Å²) in [4.78, 5) is 8.76. The number of hydrogen-bond acceptors (Lipinski definition) is 3. The lowest BCUT2D eigenvalue weighted by Gasteiger charge is -2.27. The molecule has 0 aliphatic rings. The molecule has 0 radical (unpaired) electrons. The predicted molar refractivity (Wildman–Crippen MR) is 108 cm³/mol. The minimum Gasteiger partial charge on any atom is -0.496 e. The Bertz CT molecular complexity index is 818. The van der Waals surface area contributed by atoms with Gasteiger partial charge in [0.1, 0.15) is 11.6 Å². The van der Waals surface area contributed by atoms with Gasteiger partial charge in [-0.15, -0.1) is 0 Å². The van der Waals surface area contributed by atoms with Crippen LogP contribution in [-0.2, 0) is 12.0 Å². The fourth-order valence-corrected chi connectivity index (χ4v) is 2.95. The largest absolute Gasteiger partial charge is 0.496 e. The van der Waals surface area contributed by atoms with E-state index in [2.05, 4.69) is 34.5 Å². The van der Waals surface area contributed by atoms with Crippen LogP contribution in [0.25, 0.3) is 0 Å². The molecule has 146 valence electrons. The van der Waals surface area contributed by atoms with E-state index in [1.165, 1.54) is 6.07 Å². The Hall–Kier alpha value is -2.63. The number of aryl methyl sites for hydroxylation is 1. The molecule has 6 heteroatoms. The van der Waals surface area contributed by atoms with Crippen LogP contribution in [0.4, 0.5) is 4.39 Å². The minimum atomic E-state index is -0.249. The molecule has 27 heavy (non-hydrogen) atoms. The van der Waals surface area contributed by atoms with Gasteiger partial charge in [0.25, 0.3) is 0 Å². The number of rotatable bonds is 6. The third kappa shape index (κ3) is 5.18. The first-order valence-electron chi connectivity index (χ1n) is 8.98. The van der Waals surface area contributed by atoms with E-state index in [1.807, 2.05) is 26.1 Å². The monoisotopic (exact) mass is 372 g/mol. The zero-order chi connectivity index (χ0) is 20.0. The van der Waals surface area contributed by atoms with E-state index < -0.39 is 0 Å². The number of nitrogens with zero attached hydrogens (tertiary/aromatic N) is 2. The van der Waals surface area contributed by atoms with Gasteiger partial charge in [0.2, 0.25) is 0 Å². The molecule has 5 nitrogen and oxygen atoms in total. The molecule has 0 aliphatic heterocycles. The third-order valence-corrected chi connectivity index (χ3v) is 4.70. The number of guanidine groups is 1. The van der Waals surface area contributed by atoms with E-state index >= 15 is 0 Å². The Morgan fingerprint density at radius 2 is 2.00 bits per heavy atom. The van der Waals surface area contributed by atoms with E-state index in [4.69, 9.17) is 4.74 Å². The summed E-state index contributed by atoms with van der Waals surface area (Å²) in [6, 6.07) is 6.70. The second-order valence-electron chi connectivity index (χ2n) is 7.22. The highest BCUT2D eigenvalue weighted by atomic mass is 19.1. The van der Waals surface area contributed by atoms with Crippen LogP contribution >= 0.6 is 0 Å². The predicted octanol–water partition coefficient (Wildman–Crippen LogP) is 3.49. The fraction of sp³-hybridized carbons (Fsp3) is 0.429. The lowest BCUT2D eigenvalue weighted by Crippen LogP contribution is -2.43. The number of hydrogen-bond donors (Lipinski definition) is 2. The van der Waals surface area contributed by atoms with Crippen molar-refractivity contribution in [3.8, 4) is 5.75 Å². The summed E-state index contributed by atoms with van der Waals surface area (Å²) in [5.41, 5.74) is 3.62. The third-order valence-electron chi connectivity index (χ3n) is 4.70. The molecular weight excluding hydrogens is 343 g/mol. The molecule has 0 spiro atoms. The summed E-state index contributed by atoms with van der Waals surface area (Å²) in [7, 11) is 3.39. The van der Waals surface area contributed by atoms with Gasteiger partial charge >= 0.3 is 0 Å². The number of ether oxygens (including phenoxy) is 1. The molecule has 1 heterocycles. The standard InChI is InChI=1S/C21H29FN4O/c1-14-11-24-18(15(2)19(14)27-6)12-25-20(23-5)26-13-21(3,4)16-8-7-9-17(22)10-16/h7-11H,12-13H2,1-6H3,(H2,23,25,26). The first-order chi connectivity index (χ1) is 12.8. The molecule has 1 aromatic carbocycles. The lowest BCUT2D eigenvalue weighted by molar-refractivity contribution is 0.406. The molecule has 0 fully saturated rings. The van der Waals surface area contributed by atoms with Crippen molar-refractivity contribution >= 4 is 5.96 Å². The van der Waals surface area contributed by atoms with Crippen LogP contribution in [0.5, 0.6) is 5.75 Å². The molecule has 0 saturated carbocycles. The summed E-state index contributed by atoms with van der Waals surface area (Å²) in [5.74, 6) is 1.30. The number of aliphatic imine (C=N–C) groups is 1. The zero-order valence-electron chi connectivity index (χ0n) is 17.0. The maximum atomic E-state index is 13.5. The molecule has 0 atom stereocenters. The number of nitrogens with one attached hydrogen (secondary N) is 2. The highest BCUT2D eigenvalue weighted by Gasteiger charge is 2.21. The second-order valence-corrected chi connectivity index (χ2v) is 7.22. The lowest BCUT2D eigenvalue weighted by atomic mass is 9.84. The van der Waals surface area contributed by atoms with Crippen LogP contribution in [-0.4, -0.2) is 31.6 Å². The Kier molecular flexibility index (Phi) is 6.77. The smallest absolute Gasteiger partial charge is 0.191 e. The first kappa shape index (κ1) is 20.7. The Balaban J connectivity index is 2.01. The van der Waals surface area contributed by atoms with E-state index in [-0.39, 0.29) is 11.2 Å². The molecule has 2 rings (SSSR count). The first-order valence-corrected chi connectivity index (χ1v) is 8.98. The SMILES string of the molecule is CN=C(NCc1ncc(C)c(OC)c1C)NCC(C)(C)c1cccc(F)c1. The highest BCUT2D eigenvalue weighted by Crippen LogP contribution is 2.24. The average Bonchev–Trinajstić information content (AvgIpc) is 2.63. The summed E-state index contributed by atoms with van der Waals surface area (Å²) in [6.45, 7) is 9.25. The number of methoxy groups -OCH3 is 1. The Morgan fingerprint density at radius 1 is 1.26 bits per heavy atom. The van der Waals surface area contributed by atoms with Crippen molar-refractivity contribution in [1.29, 1.82) is 0 Å². The van der Waals surface area contributed by atoms with E-state index in [0.29, 0.717) is 19.0 Å².